The number of carbonyl (C=O) groups excluding carboxylic acids is 1. The Morgan fingerprint density at radius 1 is 1.47 bits per heavy atom. The number of aliphatic hydroxyl groups is 1. The zero-order valence-corrected chi connectivity index (χ0v) is 9.40. The van der Waals surface area contributed by atoms with Crippen molar-refractivity contribution in [2.75, 3.05) is 19.7 Å². The van der Waals surface area contributed by atoms with Gasteiger partial charge in [-0.15, -0.1) is 0 Å². The lowest BCUT2D eigenvalue weighted by molar-refractivity contribution is 0.193. The molecule has 2 rings (SSSR count). The van der Waals surface area contributed by atoms with Gasteiger partial charge in [0.05, 0.1) is 6.04 Å². The third-order valence-corrected chi connectivity index (χ3v) is 2.91. The number of nitrogens with zero attached hydrogens (tertiary/aromatic N) is 1. The Morgan fingerprint density at radius 2 is 2.24 bits per heavy atom. The predicted octanol–water partition coefficient (Wildman–Crippen LogP) is 1.27. The van der Waals surface area contributed by atoms with Crippen molar-refractivity contribution < 1.29 is 14.3 Å². The molecule has 2 amide bonds. The lowest BCUT2D eigenvalue weighted by Crippen LogP contribution is -2.31. The number of hydrogen-bond acceptors (Lipinski definition) is 2. The van der Waals surface area contributed by atoms with Gasteiger partial charge in [-0.25, -0.2) is 9.18 Å². The molecule has 2 N–H and O–H groups in total. The lowest BCUT2D eigenvalue weighted by Gasteiger charge is -2.23. The average molecular weight is 238 g/mol. The van der Waals surface area contributed by atoms with Gasteiger partial charge in [-0.05, 0) is 12.5 Å². The normalized spacial score (nSPS) is 19.5. The third-order valence-electron chi connectivity index (χ3n) is 2.91. The maximum absolute atomic E-state index is 13.6. The maximum Gasteiger partial charge on any atom is 0.318 e. The van der Waals surface area contributed by atoms with Crippen LogP contribution in [0.2, 0.25) is 0 Å². The smallest absolute Gasteiger partial charge is 0.318 e. The molecule has 1 aliphatic rings. The van der Waals surface area contributed by atoms with E-state index in [1.54, 1.807) is 23.1 Å². The Balaban J connectivity index is 2.19. The van der Waals surface area contributed by atoms with Gasteiger partial charge in [0.15, 0.2) is 0 Å². The van der Waals surface area contributed by atoms with Gasteiger partial charge in [0.2, 0.25) is 0 Å². The molecule has 0 aromatic heterocycles. The highest BCUT2D eigenvalue weighted by Gasteiger charge is 2.32. The van der Waals surface area contributed by atoms with E-state index in [2.05, 4.69) is 5.32 Å². The number of carbonyl (C=O) groups is 1. The molecule has 17 heavy (non-hydrogen) atoms. The Morgan fingerprint density at radius 3 is 2.94 bits per heavy atom. The van der Waals surface area contributed by atoms with Gasteiger partial charge in [-0.1, -0.05) is 18.2 Å². The minimum atomic E-state index is -0.303. The fraction of sp³-hybridized carbons (Fsp3) is 0.417. The summed E-state index contributed by atoms with van der Waals surface area (Å²) in [5, 5.41) is 11.5. The molecular formula is C12H15FN2O2. The van der Waals surface area contributed by atoms with Crippen LogP contribution in [0.4, 0.5) is 9.18 Å². The molecule has 1 atom stereocenters. The molecule has 4 nitrogen and oxygen atoms in total. The molecule has 1 heterocycles. The first kappa shape index (κ1) is 11.9. The summed E-state index contributed by atoms with van der Waals surface area (Å²) in [5.41, 5.74) is 0.517. The number of halogens is 1. The van der Waals surface area contributed by atoms with E-state index in [0.717, 1.165) is 0 Å². The van der Waals surface area contributed by atoms with Crippen LogP contribution in [0.15, 0.2) is 24.3 Å². The Bertz CT molecular complexity index is 411. The van der Waals surface area contributed by atoms with Gasteiger partial charge in [0, 0.05) is 25.3 Å². The van der Waals surface area contributed by atoms with Crippen molar-refractivity contribution in [3.63, 3.8) is 0 Å². The first-order chi connectivity index (χ1) is 8.24. The summed E-state index contributed by atoms with van der Waals surface area (Å²) in [5.74, 6) is -0.303. The average Bonchev–Trinajstić information content (AvgIpc) is 2.69. The van der Waals surface area contributed by atoms with E-state index in [0.29, 0.717) is 25.1 Å². The fourth-order valence-electron chi connectivity index (χ4n) is 2.06. The number of aliphatic hydroxyl groups excluding tert-OH is 1. The van der Waals surface area contributed by atoms with Crippen molar-refractivity contribution in [3.05, 3.63) is 35.6 Å². The van der Waals surface area contributed by atoms with E-state index in [1.165, 1.54) is 6.07 Å². The second kappa shape index (κ2) is 5.14. The molecule has 0 spiro atoms. The van der Waals surface area contributed by atoms with Crippen LogP contribution < -0.4 is 5.32 Å². The van der Waals surface area contributed by atoms with Crippen LogP contribution in [-0.2, 0) is 0 Å². The highest BCUT2D eigenvalue weighted by molar-refractivity contribution is 5.77. The molecule has 1 aliphatic heterocycles. The van der Waals surface area contributed by atoms with E-state index in [1.807, 2.05) is 0 Å². The number of hydrogen-bond donors (Lipinski definition) is 2. The summed E-state index contributed by atoms with van der Waals surface area (Å²) in [6.07, 6.45) is 0.498. The predicted molar refractivity (Wildman–Crippen MR) is 60.9 cm³/mol. The summed E-state index contributed by atoms with van der Waals surface area (Å²) in [7, 11) is 0. The summed E-state index contributed by atoms with van der Waals surface area (Å²) in [6, 6.07) is 5.98. The van der Waals surface area contributed by atoms with E-state index in [9.17, 15) is 9.18 Å². The largest absolute Gasteiger partial charge is 0.396 e. The molecule has 1 saturated heterocycles. The topological polar surface area (TPSA) is 52.6 Å². The standard InChI is InChI=1S/C12H15FN2O2/c13-10-5-2-1-4-9(10)11-8-14-12(17)15(11)6-3-7-16/h1-2,4-5,11,16H,3,6-8H2,(H,14,17). The zero-order chi connectivity index (χ0) is 12.3. The first-order valence-corrected chi connectivity index (χ1v) is 5.64. The summed E-state index contributed by atoms with van der Waals surface area (Å²) < 4.78 is 13.6. The zero-order valence-electron chi connectivity index (χ0n) is 9.40. The SMILES string of the molecule is O=C1NCC(c2ccccc2F)N1CCCO. The highest BCUT2D eigenvalue weighted by Crippen LogP contribution is 2.26. The van der Waals surface area contributed by atoms with Crippen LogP contribution >= 0.6 is 0 Å². The molecule has 1 aromatic carbocycles. The molecule has 0 radical (unpaired) electrons. The first-order valence-electron chi connectivity index (χ1n) is 5.64. The highest BCUT2D eigenvalue weighted by atomic mass is 19.1. The summed E-state index contributed by atoms with van der Waals surface area (Å²) >= 11 is 0. The van der Waals surface area contributed by atoms with Crippen LogP contribution in [-0.4, -0.2) is 35.7 Å². The van der Waals surface area contributed by atoms with Gasteiger partial charge in [0.1, 0.15) is 5.82 Å². The minimum absolute atomic E-state index is 0.0216. The van der Waals surface area contributed by atoms with Gasteiger partial charge < -0.3 is 15.3 Å². The van der Waals surface area contributed by atoms with Crippen molar-refractivity contribution in [1.29, 1.82) is 0 Å². The molecule has 0 aliphatic carbocycles. The molecule has 92 valence electrons. The van der Waals surface area contributed by atoms with Crippen molar-refractivity contribution >= 4 is 6.03 Å². The number of nitrogens with one attached hydrogen (secondary N) is 1. The van der Waals surface area contributed by atoms with Crippen molar-refractivity contribution in [2.45, 2.75) is 12.5 Å². The van der Waals surface area contributed by atoms with Crippen LogP contribution in [0, 0.1) is 5.82 Å². The van der Waals surface area contributed by atoms with E-state index < -0.39 is 0 Å². The molecule has 1 fully saturated rings. The van der Waals surface area contributed by atoms with Crippen LogP contribution in [0.1, 0.15) is 18.0 Å². The number of benzene rings is 1. The minimum Gasteiger partial charge on any atom is -0.396 e. The molecule has 1 unspecified atom stereocenters. The van der Waals surface area contributed by atoms with Crippen LogP contribution in [0.5, 0.6) is 0 Å². The number of amides is 2. The van der Waals surface area contributed by atoms with E-state index in [4.69, 9.17) is 5.11 Å². The van der Waals surface area contributed by atoms with Gasteiger partial charge in [0.25, 0.3) is 0 Å². The second-order valence-electron chi connectivity index (χ2n) is 3.99. The van der Waals surface area contributed by atoms with Crippen molar-refractivity contribution in [3.8, 4) is 0 Å². The number of rotatable bonds is 4. The molecular weight excluding hydrogens is 223 g/mol. The van der Waals surface area contributed by atoms with Crippen LogP contribution in [0.3, 0.4) is 0 Å². The molecule has 0 saturated carbocycles. The summed E-state index contributed by atoms with van der Waals surface area (Å²) in [6.45, 7) is 0.861. The maximum atomic E-state index is 13.6. The Labute approximate surface area is 99.0 Å². The molecule has 0 bridgehead atoms. The quantitative estimate of drug-likeness (QED) is 0.830. The lowest BCUT2D eigenvalue weighted by atomic mass is 10.1. The van der Waals surface area contributed by atoms with Crippen molar-refractivity contribution in [1.82, 2.24) is 10.2 Å². The fourth-order valence-corrected chi connectivity index (χ4v) is 2.06. The summed E-state index contributed by atoms with van der Waals surface area (Å²) in [4.78, 5) is 13.2. The van der Waals surface area contributed by atoms with Gasteiger partial charge in [-0.2, -0.15) is 0 Å². The Hall–Kier alpha value is -1.62. The monoisotopic (exact) mass is 238 g/mol. The van der Waals surface area contributed by atoms with Crippen LogP contribution in [0.25, 0.3) is 0 Å². The second-order valence-corrected chi connectivity index (χ2v) is 3.99. The van der Waals surface area contributed by atoms with Gasteiger partial charge >= 0.3 is 6.03 Å². The Kier molecular flexibility index (Phi) is 3.58. The van der Waals surface area contributed by atoms with Gasteiger partial charge in [-0.3, -0.25) is 0 Å². The third kappa shape index (κ3) is 2.39. The number of urea groups is 1. The van der Waals surface area contributed by atoms with E-state index in [-0.39, 0.29) is 24.5 Å². The van der Waals surface area contributed by atoms with E-state index >= 15 is 0 Å². The van der Waals surface area contributed by atoms with Crippen molar-refractivity contribution in [2.24, 2.45) is 0 Å². The molecule has 5 heteroatoms. The molecule has 1 aromatic rings.